The number of fused-ring (bicyclic) bond motifs is 1. The van der Waals surface area contributed by atoms with Crippen LogP contribution in [0.2, 0.25) is 0 Å². The summed E-state index contributed by atoms with van der Waals surface area (Å²) in [6.45, 7) is 8.76. The molecule has 0 unspecified atom stereocenters. The molecule has 0 spiro atoms. The van der Waals surface area contributed by atoms with Crippen molar-refractivity contribution < 1.29 is 4.74 Å². The van der Waals surface area contributed by atoms with E-state index < -0.39 is 0 Å². The van der Waals surface area contributed by atoms with Crippen molar-refractivity contribution in [1.29, 1.82) is 0 Å². The Hall–Kier alpha value is -0.860. The minimum Gasteiger partial charge on any atom is -0.378 e. The molecule has 0 bridgehead atoms. The van der Waals surface area contributed by atoms with Gasteiger partial charge in [-0.25, -0.2) is 0 Å². The predicted octanol–water partition coefficient (Wildman–Crippen LogP) is 3.25. The van der Waals surface area contributed by atoms with E-state index in [9.17, 15) is 0 Å². The molecule has 1 aliphatic heterocycles. The molecule has 1 heterocycles. The van der Waals surface area contributed by atoms with Crippen LogP contribution < -0.4 is 0 Å². The van der Waals surface area contributed by atoms with Gasteiger partial charge in [0, 0.05) is 25.0 Å². The van der Waals surface area contributed by atoms with Gasteiger partial charge in [-0.2, -0.15) is 0 Å². The van der Waals surface area contributed by atoms with Crippen molar-refractivity contribution in [3.05, 3.63) is 35.4 Å². The molecule has 104 valence electrons. The average molecular weight is 259 g/mol. The molecule has 2 heteroatoms. The molecular formula is C17H25NO. The lowest BCUT2D eigenvalue weighted by molar-refractivity contribution is 0.0293. The van der Waals surface area contributed by atoms with E-state index in [1.165, 1.54) is 37.9 Å². The molecule has 0 N–H and O–H groups in total. The Morgan fingerprint density at radius 2 is 1.95 bits per heavy atom. The Labute approximate surface area is 116 Å². The van der Waals surface area contributed by atoms with E-state index >= 15 is 0 Å². The number of ether oxygens (including phenoxy) is 1. The van der Waals surface area contributed by atoms with Crippen LogP contribution in [0.1, 0.15) is 37.8 Å². The molecule has 2 nitrogen and oxygen atoms in total. The third kappa shape index (κ3) is 3.18. The summed E-state index contributed by atoms with van der Waals surface area (Å²) in [4.78, 5) is 2.62. The average Bonchev–Trinajstić information content (AvgIpc) is 3.17. The third-order valence-corrected chi connectivity index (χ3v) is 4.45. The lowest BCUT2D eigenvalue weighted by atomic mass is 9.98. The molecule has 0 radical (unpaired) electrons. The van der Waals surface area contributed by atoms with Crippen LogP contribution in [0.3, 0.4) is 0 Å². The lowest BCUT2D eigenvalue weighted by Crippen LogP contribution is -2.37. The fourth-order valence-corrected chi connectivity index (χ4v) is 3.03. The summed E-state index contributed by atoms with van der Waals surface area (Å²) in [6.07, 6.45) is 4.26. The van der Waals surface area contributed by atoms with Gasteiger partial charge in [0.25, 0.3) is 0 Å². The third-order valence-electron chi connectivity index (χ3n) is 4.45. The zero-order valence-corrected chi connectivity index (χ0v) is 12.2. The van der Waals surface area contributed by atoms with Crippen LogP contribution >= 0.6 is 0 Å². The second-order valence-electron chi connectivity index (χ2n) is 6.59. The monoisotopic (exact) mass is 259 g/mol. The van der Waals surface area contributed by atoms with Gasteiger partial charge < -0.3 is 4.74 Å². The largest absolute Gasteiger partial charge is 0.378 e. The molecule has 1 aromatic carbocycles. The van der Waals surface area contributed by atoms with Crippen LogP contribution in [0.25, 0.3) is 0 Å². The summed E-state index contributed by atoms with van der Waals surface area (Å²) in [6, 6.07) is 8.89. The number of nitrogens with zero attached hydrogens (tertiary/aromatic N) is 1. The highest BCUT2D eigenvalue weighted by Crippen LogP contribution is 2.47. The van der Waals surface area contributed by atoms with E-state index in [4.69, 9.17) is 4.74 Å². The van der Waals surface area contributed by atoms with E-state index in [1.54, 1.807) is 5.56 Å². The molecule has 2 aliphatic rings. The first-order valence-corrected chi connectivity index (χ1v) is 7.58. The van der Waals surface area contributed by atoms with Gasteiger partial charge in [-0.15, -0.1) is 0 Å². The Balaban J connectivity index is 1.57. The first-order chi connectivity index (χ1) is 9.17. The van der Waals surface area contributed by atoms with Gasteiger partial charge in [0.2, 0.25) is 0 Å². The number of hydrogen-bond donors (Lipinski definition) is 0. The zero-order chi connectivity index (χ0) is 13.3. The van der Waals surface area contributed by atoms with Gasteiger partial charge >= 0.3 is 0 Å². The fraction of sp³-hybridized carbons (Fsp3) is 0.647. The molecule has 0 aromatic heterocycles. The van der Waals surface area contributed by atoms with E-state index in [2.05, 4.69) is 43.0 Å². The van der Waals surface area contributed by atoms with Gasteiger partial charge in [-0.1, -0.05) is 24.3 Å². The molecule has 3 rings (SSSR count). The Kier molecular flexibility index (Phi) is 3.64. The SMILES string of the molecule is CC(C)OCC1(CN2CCc3ccccc3C2)CC1. The normalized spacial score (nSPS) is 21.4. The molecule has 1 aromatic rings. The highest BCUT2D eigenvalue weighted by Gasteiger charge is 2.44. The summed E-state index contributed by atoms with van der Waals surface area (Å²) in [5.74, 6) is 0. The molecule has 1 fully saturated rings. The van der Waals surface area contributed by atoms with E-state index in [1.807, 2.05) is 0 Å². The minimum atomic E-state index is 0.361. The van der Waals surface area contributed by atoms with E-state index in [0.717, 1.165) is 13.2 Å². The summed E-state index contributed by atoms with van der Waals surface area (Å²) >= 11 is 0. The van der Waals surface area contributed by atoms with Crippen LogP contribution in [-0.2, 0) is 17.7 Å². The Morgan fingerprint density at radius 3 is 2.63 bits per heavy atom. The maximum atomic E-state index is 5.85. The van der Waals surface area contributed by atoms with Gasteiger partial charge in [-0.3, -0.25) is 4.90 Å². The van der Waals surface area contributed by atoms with Crippen LogP contribution in [0.15, 0.2) is 24.3 Å². The number of hydrogen-bond acceptors (Lipinski definition) is 2. The molecule has 0 atom stereocenters. The standard InChI is InChI=1S/C17H25NO/c1-14(2)19-13-17(8-9-17)12-18-10-7-15-5-3-4-6-16(15)11-18/h3-6,14H,7-13H2,1-2H3. The first-order valence-electron chi connectivity index (χ1n) is 7.58. The maximum Gasteiger partial charge on any atom is 0.0538 e. The summed E-state index contributed by atoms with van der Waals surface area (Å²) in [5.41, 5.74) is 3.53. The van der Waals surface area contributed by atoms with Crippen LogP contribution in [-0.4, -0.2) is 30.7 Å². The summed E-state index contributed by atoms with van der Waals surface area (Å²) in [5, 5.41) is 0. The van der Waals surface area contributed by atoms with Crippen LogP contribution in [0, 0.1) is 5.41 Å². The molecule has 1 saturated carbocycles. The van der Waals surface area contributed by atoms with Crippen molar-refractivity contribution in [3.63, 3.8) is 0 Å². The maximum absolute atomic E-state index is 5.85. The van der Waals surface area contributed by atoms with Gasteiger partial charge in [-0.05, 0) is 44.2 Å². The molecule has 1 aliphatic carbocycles. The minimum absolute atomic E-state index is 0.361. The van der Waals surface area contributed by atoms with Gasteiger partial charge in [0.05, 0.1) is 12.7 Å². The second-order valence-corrected chi connectivity index (χ2v) is 6.59. The topological polar surface area (TPSA) is 12.5 Å². The van der Waals surface area contributed by atoms with Crippen molar-refractivity contribution in [3.8, 4) is 0 Å². The predicted molar refractivity (Wildman–Crippen MR) is 78.2 cm³/mol. The van der Waals surface area contributed by atoms with Crippen molar-refractivity contribution in [1.82, 2.24) is 4.90 Å². The number of benzene rings is 1. The highest BCUT2D eigenvalue weighted by atomic mass is 16.5. The van der Waals surface area contributed by atoms with Gasteiger partial charge in [0.1, 0.15) is 0 Å². The fourth-order valence-electron chi connectivity index (χ4n) is 3.03. The van der Waals surface area contributed by atoms with Crippen molar-refractivity contribution in [2.24, 2.45) is 5.41 Å². The summed E-state index contributed by atoms with van der Waals surface area (Å²) < 4.78 is 5.85. The zero-order valence-electron chi connectivity index (χ0n) is 12.2. The highest BCUT2D eigenvalue weighted by molar-refractivity contribution is 5.29. The Bertz CT molecular complexity index is 437. The van der Waals surface area contributed by atoms with Gasteiger partial charge in [0.15, 0.2) is 0 Å². The second kappa shape index (κ2) is 5.26. The quantitative estimate of drug-likeness (QED) is 0.805. The van der Waals surface area contributed by atoms with Crippen molar-refractivity contribution in [2.45, 2.75) is 45.8 Å². The van der Waals surface area contributed by atoms with Crippen LogP contribution in [0.4, 0.5) is 0 Å². The van der Waals surface area contributed by atoms with Crippen LogP contribution in [0.5, 0.6) is 0 Å². The summed E-state index contributed by atoms with van der Waals surface area (Å²) in [7, 11) is 0. The van der Waals surface area contributed by atoms with E-state index in [0.29, 0.717) is 11.5 Å². The van der Waals surface area contributed by atoms with E-state index in [-0.39, 0.29) is 0 Å². The molecule has 0 saturated heterocycles. The lowest BCUT2D eigenvalue weighted by Gasteiger charge is -2.32. The number of rotatable bonds is 5. The van der Waals surface area contributed by atoms with Crippen molar-refractivity contribution >= 4 is 0 Å². The molecule has 0 amide bonds. The Morgan fingerprint density at radius 1 is 1.21 bits per heavy atom. The van der Waals surface area contributed by atoms with Crippen molar-refractivity contribution in [2.75, 3.05) is 19.7 Å². The first kappa shape index (κ1) is 13.1. The molecular weight excluding hydrogens is 234 g/mol. The smallest absolute Gasteiger partial charge is 0.0538 e. The molecule has 19 heavy (non-hydrogen) atoms.